The Balaban J connectivity index is 1.89. The zero-order valence-electron chi connectivity index (χ0n) is 17.7. The normalized spacial score (nSPS) is 11.6. The topological polar surface area (TPSA) is 36.4 Å². The molecular weight excluding hydrogens is 378 g/mol. The van der Waals surface area contributed by atoms with Gasteiger partial charge in [0.2, 0.25) is 0 Å². The van der Waals surface area contributed by atoms with Gasteiger partial charge >= 0.3 is 0 Å². The van der Waals surface area contributed by atoms with E-state index in [2.05, 4.69) is 44.7 Å². The van der Waals surface area contributed by atoms with Crippen LogP contribution in [0.4, 0.5) is 5.13 Å². The average molecular weight is 408 g/mol. The van der Waals surface area contributed by atoms with Crippen LogP contribution in [0.1, 0.15) is 30.5 Å². The van der Waals surface area contributed by atoms with Crippen molar-refractivity contribution in [2.45, 2.75) is 27.7 Å². The lowest BCUT2D eigenvalue weighted by Gasteiger charge is -2.23. The first kappa shape index (κ1) is 21.2. The fourth-order valence-corrected chi connectivity index (χ4v) is 4.26. The van der Waals surface area contributed by atoms with Crippen LogP contribution in [-0.4, -0.2) is 42.0 Å². The van der Waals surface area contributed by atoms with Gasteiger partial charge in [0.05, 0.1) is 10.2 Å². The zero-order valence-corrected chi connectivity index (χ0v) is 18.5. The number of carbonyl (C=O) groups is 1. The molecule has 3 aromatic rings. The highest BCUT2D eigenvalue weighted by Crippen LogP contribution is 2.31. The van der Waals surface area contributed by atoms with E-state index in [-0.39, 0.29) is 5.91 Å². The number of fused-ring (bicyclic) bond motifs is 1. The molecule has 0 saturated carbocycles. The van der Waals surface area contributed by atoms with Crippen molar-refractivity contribution in [2.75, 3.05) is 31.1 Å². The minimum Gasteiger partial charge on any atom is -0.302 e. The number of benzene rings is 2. The van der Waals surface area contributed by atoms with Gasteiger partial charge in [-0.25, -0.2) is 4.98 Å². The Morgan fingerprint density at radius 1 is 1.03 bits per heavy atom. The number of aryl methyl sites for hydroxylation is 2. The van der Waals surface area contributed by atoms with Gasteiger partial charge in [0.25, 0.3) is 5.91 Å². The van der Waals surface area contributed by atoms with E-state index in [9.17, 15) is 4.79 Å². The monoisotopic (exact) mass is 407 g/mol. The summed E-state index contributed by atoms with van der Waals surface area (Å²) >= 11 is 1.59. The maximum Gasteiger partial charge on any atom is 0.252 e. The van der Waals surface area contributed by atoms with Gasteiger partial charge in [-0.05, 0) is 61.8 Å². The fraction of sp³-hybridized carbons (Fsp3) is 0.333. The number of aromatic nitrogens is 1. The third-order valence-electron chi connectivity index (χ3n) is 5.24. The third kappa shape index (κ3) is 5.31. The highest BCUT2D eigenvalue weighted by atomic mass is 32.1. The largest absolute Gasteiger partial charge is 0.302 e. The first-order chi connectivity index (χ1) is 14.0. The molecule has 5 heteroatoms. The molecule has 1 aromatic heterocycles. The summed E-state index contributed by atoms with van der Waals surface area (Å²) in [6.45, 7) is 11.9. The molecule has 0 spiro atoms. The van der Waals surface area contributed by atoms with Gasteiger partial charge in [-0.2, -0.15) is 0 Å². The summed E-state index contributed by atoms with van der Waals surface area (Å²) in [7, 11) is 0. The lowest BCUT2D eigenvalue weighted by molar-refractivity contribution is -0.114. The second-order valence-corrected chi connectivity index (χ2v) is 8.17. The molecule has 0 fully saturated rings. The number of thiazole rings is 1. The molecule has 4 nitrogen and oxygen atoms in total. The van der Waals surface area contributed by atoms with Gasteiger partial charge in [0.1, 0.15) is 0 Å². The smallest absolute Gasteiger partial charge is 0.252 e. The number of rotatable bonds is 8. The van der Waals surface area contributed by atoms with Gasteiger partial charge in [-0.3, -0.25) is 9.69 Å². The predicted octanol–water partition coefficient (Wildman–Crippen LogP) is 5.30. The maximum absolute atomic E-state index is 13.1. The minimum atomic E-state index is -0.0338. The predicted molar refractivity (Wildman–Crippen MR) is 125 cm³/mol. The molecular formula is C24H29N3OS. The average Bonchev–Trinajstić information content (AvgIpc) is 3.12. The highest BCUT2D eigenvalue weighted by molar-refractivity contribution is 7.22. The van der Waals surface area contributed by atoms with Crippen molar-refractivity contribution in [1.82, 2.24) is 9.88 Å². The Kier molecular flexibility index (Phi) is 7.18. The summed E-state index contributed by atoms with van der Waals surface area (Å²) in [5, 5.41) is 0.764. The molecule has 0 N–H and O–H groups in total. The van der Waals surface area contributed by atoms with Crippen molar-refractivity contribution in [3.63, 3.8) is 0 Å². The number of likely N-dealkylation sites (N-methyl/N-ethyl adjacent to an activating group) is 1. The molecule has 152 valence electrons. The first-order valence-corrected chi connectivity index (χ1v) is 11.0. The van der Waals surface area contributed by atoms with E-state index in [1.54, 1.807) is 17.4 Å². The van der Waals surface area contributed by atoms with Crippen LogP contribution >= 0.6 is 11.3 Å². The van der Waals surface area contributed by atoms with E-state index in [0.29, 0.717) is 6.54 Å². The van der Waals surface area contributed by atoms with Crippen LogP contribution in [0, 0.1) is 13.8 Å². The van der Waals surface area contributed by atoms with Crippen molar-refractivity contribution in [3.05, 3.63) is 65.2 Å². The summed E-state index contributed by atoms with van der Waals surface area (Å²) in [4.78, 5) is 22.0. The van der Waals surface area contributed by atoms with Gasteiger partial charge in [-0.15, -0.1) is 0 Å². The molecule has 0 bridgehead atoms. The summed E-state index contributed by atoms with van der Waals surface area (Å²) in [5.41, 5.74) is 4.44. The van der Waals surface area contributed by atoms with Crippen LogP contribution in [0.3, 0.4) is 0 Å². The standard InChI is InChI=1S/C24H29N3OS/c1-5-26(6-2)14-15-27(23(28)13-12-20-10-8-7-9-11-20)24-25-21-16-18(3)19(4)17-22(21)29-24/h7-13,16-17H,5-6,14-15H2,1-4H3/b13-12+. The second-order valence-electron chi connectivity index (χ2n) is 7.16. The van der Waals surface area contributed by atoms with Crippen molar-refractivity contribution in [2.24, 2.45) is 0 Å². The number of hydrogen-bond acceptors (Lipinski definition) is 4. The number of anilines is 1. The molecule has 0 atom stereocenters. The molecule has 3 rings (SSSR count). The lowest BCUT2D eigenvalue weighted by atomic mass is 10.1. The Morgan fingerprint density at radius 3 is 2.41 bits per heavy atom. The van der Waals surface area contributed by atoms with Gasteiger partial charge < -0.3 is 4.90 Å². The molecule has 0 aliphatic rings. The quantitative estimate of drug-likeness (QED) is 0.475. The van der Waals surface area contributed by atoms with E-state index in [4.69, 9.17) is 4.98 Å². The number of nitrogens with zero attached hydrogens (tertiary/aromatic N) is 3. The molecule has 1 heterocycles. The van der Waals surface area contributed by atoms with Crippen LogP contribution in [0.2, 0.25) is 0 Å². The molecule has 0 aliphatic carbocycles. The molecule has 0 unspecified atom stereocenters. The molecule has 29 heavy (non-hydrogen) atoms. The van der Waals surface area contributed by atoms with Crippen LogP contribution in [0.5, 0.6) is 0 Å². The fourth-order valence-electron chi connectivity index (χ4n) is 3.19. The van der Waals surface area contributed by atoms with E-state index in [1.807, 2.05) is 41.3 Å². The van der Waals surface area contributed by atoms with Crippen LogP contribution in [-0.2, 0) is 4.79 Å². The summed E-state index contributed by atoms with van der Waals surface area (Å²) in [6, 6.07) is 14.2. The van der Waals surface area contributed by atoms with Crippen LogP contribution in [0.15, 0.2) is 48.5 Å². The number of carbonyl (C=O) groups excluding carboxylic acids is 1. The van der Waals surface area contributed by atoms with E-state index < -0.39 is 0 Å². The highest BCUT2D eigenvalue weighted by Gasteiger charge is 2.19. The minimum absolute atomic E-state index is 0.0338. The molecule has 0 radical (unpaired) electrons. The zero-order chi connectivity index (χ0) is 20.8. The summed E-state index contributed by atoms with van der Waals surface area (Å²) in [6.07, 6.45) is 3.52. The number of amides is 1. The molecule has 2 aromatic carbocycles. The van der Waals surface area contributed by atoms with Crippen molar-refractivity contribution in [1.29, 1.82) is 0 Å². The summed E-state index contributed by atoms with van der Waals surface area (Å²) in [5.74, 6) is -0.0338. The Hall–Kier alpha value is -2.50. The van der Waals surface area contributed by atoms with E-state index >= 15 is 0 Å². The molecule has 0 saturated heterocycles. The van der Waals surface area contributed by atoms with Crippen molar-refractivity contribution < 1.29 is 4.79 Å². The van der Waals surface area contributed by atoms with Gasteiger partial charge in [0.15, 0.2) is 5.13 Å². The lowest BCUT2D eigenvalue weighted by Crippen LogP contribution is -2.38. The van der Waals surface area contributed by atoms with Crippen LogP contribution < -0.4 is 4.90 Å². The second kappa shape index (κ2) is 9.81. The van der Waals surface area contributed by atoms with Gasteiger partial charge in [-0.1, -0.05) is 55.5 Å². The van der Waals surface area contributed by atoms with Crippen LogP contribution in [0.25, 0.3) is 16.3 Å². The van der Waals surface area contributed by atoms with Gasteiger partial charge in [0, 0.05) is 19.2 Å². The maximum atomic E-state index is 13.1. The molecule has 0 aliphatic heterocycles. The Labute approximate surface area is 177 Å². The molecule has 1 amide bonds. The summed E-state index contributed by atoms with van der Waals surface area (Å²) < 4.78 is 1.12. The number of hydrogen-bond donors (Lipinski definition) is 0. The van der Waals surface area contributed by atoms with E-state index in [1.165, 1.54) is 11.1 Å². The van der Waals surface area contributed by atoms with Crippen molar-refractivity contribution in [3.8, 4) is 0 Å². The Bertz CT molecular complexity index is 951. The SMILES string of the molecule is CCN(CC)CCN(C(=O)/C=C/c1ccccc1)c1nc2cc(C)c(C)cc2s1. The van der Waals surface area contributed by atoms with E-state index in [0.717, 1.165) is 40.5 Å². The first-order valence-electron chi connectivity index (χ1n) is 10.2. The van der Waals surface area contributed by atoms with Crippen molar-refractivity contribution >= 4 is 38.7 Å². The third-order valence-corrected chi connectivity index (χ3v) is 6.28. The Morgan fingerprint density at radius 2 is 1.72 bits per heavy atom.